The largest absolute Gasteiger partial charge is 0.416 e. The maximum atomic E-state index is 12.5. The van der Waals surface area contributed by atoms with Crippen LogP contribution in [-0.4, -0.2) is 12.0 Å². The lowest BCUT2D eigenvalue weighted by atomic mass is 10.0. The predicted octanol–water partition coefficient (Wildman–Crippen LogP) is 3.41. The summed E-state index contributed by atoms with van der Waals surface area (Å²) >= 11 is 0. The highest BCUT2D eigenvalue weighted by Crippen LogP contribution is 2.30. The van der Waals surface area contributed by atoms with Crippen molar-refractivity contribution in [3.8, 4) is 0 Å². The molecule has 1 heterocycles. The lowest BCUT2D eigenvalue weighted by Crippen LogP contribution is -2.19. The van der Waals surface area contributed by atoms with Gasteiger partial charge in [0.15, 0.2) is 0 Å². The Morgan fingerprint density at radius 3 is 2.21 bits per heavy atom. The molecule has 0 saturated heterocycles. The number of pyridine rings is 1. The molecule has 2 rings (SSSR count). The molecule has 2 aromatic rings. The SMILES string of the molecule is CNC(c1ccc(C(F)(F)F)cc1)c1ccccn1. The molecular weight excluding hydrogens is 253 g/mol. The van der Waals surface area contributed by atoms with E-state index in [0.717, 1.165) is 23.4 Å². The van der Waals surface area contributed by atoms with Gasteiger partial charge in [0.2, 0.25) is 0 Å². The van der Waals surface area contributed by atoms with Crippen LogP contribution in [0.4, 0.5) is 13.2 Å². The molecule has 19 heavy (non-hydrogen) atoms. The number of nitrogens with one attached hydrogen (secondary N) is 1. The number of hydrogen-bond acceptors (Lipinski definition) is 2. The van der Waals surface area contributed by atoms with Gasteiger partial charge < -0.3 is 5.32 Å². The van der Waals surface area contributed by atoms with Crippen molar-refractivity contribution in [2.75, 3.05) is 7.05 Å². The molecule has 0 aliphatic heterocycles. The van der Waals surface area contributed by atoms with Gasteiger partial charge in [0.1, 0.15) is 0 Å². The Labute approximate surface area is 109 Å². The van der Waals surface area contributed by atoms with Crippen molar-refractivity contribution in [3.05, 3.63) is 65.5 Å². The Hall–Kier alpha value is -1.88. The highest BCUT2D eigenvalue weighted by molar-refractivity contribution is 5.31. The third-order valence-electron chi connectivity index (χ3n) is 2.84. The first kappa shape index (κ1) is 13.5. The van der Waals surface area contributed by atoms with Gasteiger partial charge in [-0.05, 0) is 36.9 Å². The Bertz CT molecular complexity index is 521. The molecule has 0 spiro atoms. The van der Waals surface area contributed by atoms with Gasteiger partial charge in [0.05, 0.1) is 17.3 Å². The molecule has 0 aliphatic rings. The van der Waals surface area contributed by atoms with Gasteiger partial charge in [-0.1, -0.05) is 18.2 Å². The van der Waals surface area contributed by atoms with Crippen molar-refractivity contribution in [3.63, 3.8) is 0 Å². The summed E-state index contributed by atoms with van der Waals surface area (Å²) in [4.78, 5) is 4.21. The average Bonchev–Trinajstić information content (AvgIpc) is 2.40. The summed E-state index contributed by atoms with van der Waals surface area (Å²) < 4.78 is 37.5. The normalized spacial score (nSPS) is 13.3. The van der Waals surface area contributed by atoms with E-state index in [1.165, 1.54) is 12.1 Å². The Kier molecular flexibility index (Phi) is 3.85. The first-order valence-corrected chi connectivity index (χ1v) is 5.77. The van der Waals surface area contributed by atoms with Crippen molar-refractivity contribution in [2.24, 2.45) is 0 Å². The third kappa shape index (κ3) is 3.12. The molecule has 1 aromatic carbocycles. The second-order valence-electron chi connectivity index (χ2n) is 4.10. The van der Waals surface area contributed by atoms with E-state index in [4.69, 9.17) is 0 Å². The monoisotopic (exact) mass is 266 g/mol. The van der Waals surface area contributed by atoms with E-state index in [0.29, 0.717) is 0 Å². The minimum absolute atomic E-state index is 0.219. The summed E-state index contributed by atoms with van der Waals surface area (Å²) in [5, 5.41) is 3.05. The van der Waals surface area contributed by atoms with E-state index in [9.17, 15) is 13.2 Å². The number of alkyl halides is 3. The lowest BCUT2D eigenvalue weighted by Gasteiger charge is -2.16. The smallest absolute Gasteiger partial charge is 0.308 e. The predicted molar refractivity (Wildman–Crippen MR) is 66.6 cm³/mol. The maximum Gasteiger partial charge on any atom is 0.416 e. The average molecular weight is 266 g/mol. The fourth-order valence-corrected chi connectivity index (χ4v) is 1.90. The van der Waals surface area contributed by atoms with Crippen LogP contribution >= 0.6 is 0 Å². The van der Waals surface area contributed by atoms with Crippen LogP contribution in [0, 0.1) is 0 Å². The van der Waals surface area contributed by atoms with Crippen LogP contribution in [0.25, 0.3) is 0 Å². The minimum atomic E-state index is -4.31. The van der Waals surface area contributed by atoms with Gasteiger partial charge in [-0.25, -0.2) is 0 Å². The molecule has 1 atom stereocenters. The fourth-order valence-electron chi connectivity index (χ4n) is 1.90. The molecule has 0 aliphatic carbocycles. The molecule has 0 fully saturated rings. The molecular formula is C14H13F3N2. The topological polar surface area (TPSA) is 24.9 Å². The molecule has 2 nitrogen and oxygen atoms in total. The molecule has 0 saturated carbocycles. The lowest BCUT2D eigenvalue weighted by molar-refractivity contribution is -0.137. The second-order valence-corrected chi connectivity index (χ2v) is 4.10. The van der Waals surface area contributed by atoms with Gasteiger partial charge >= 0.3 is 6.18 Å². The fraction of sp³-hybridized carbons (Fsp3) is 0.214. The standard InChI is InChI=1S/C14H13F3N2/c1-18-13(12-4-2-3-9-19-12)10-5-7-11(8-6-10)14(15,16)17/h2-9,13,18H,1H3. The molecule has 0 amide bonds. The molecule has 0 bridgehead atoms. The second kappa shape index (κ2) is 5.40. The Balaban J connectivity index is 2.30. The molecule has 100 valence electrons. The number of rotatable bonds is 3. The highest BCUT2D eigenvalue weighted by atomic mass is 19.4. The number of benzene rings is 1. The van der Waals surface area contributed by atoms with E-state index in [1.54, 1.807) is 19.3 Å². The van der Waals surface area contributed by atoms with Crippen LogP contribution in [-0.2, 0) is 6.18 Å². The Morgan fingerprint density at radius 2 is 1.74 bits per heavy atom. The molecule has 5 heteroatoms. The summed E-state index contributed by atoms with van der Waals surface area (Å²) in [7, 11) is 1.75. The van der Waals surface area contributed by atoms with Gasteiger partial charge in [0.25, 0.3) is 0 Å². The van der Waals surface area contributed by atoms with Gasteiger partial charge in [-0.15, -0.1) is 0 Å². The minimum Gasteiger partial charge on any atom is -0.308 e. The Morgan fingerprint density at radius 1 is 1.05 bits per heavy atom. The van der Waals surface area contributed by atoms with Crippen molar-refractivity contribution >= 4 is 0 Å². The zero-order valence-electron chi connectivity index (χ0n) is 10.3. The maximum absolute atomic E-state index is 12.5. The number of halogens is 3. The van der Waals surface area contributed by atoms with Crippen molar-refractivity contribution in [1.82, 2.24) is 10.3 Å². The van der Waals surface area contributed by atoms with Crippen LogP contribution in [0.5, 0.6) is 0 Å². The zero-order chi connectivity index (χ0) is 13.9. The third-order valence-corrected chi connectivity index (χ3v) is 2.84. The van der Waals surface area contributed by atoms with E-state index in [2.05, 4.69) is 10.3 Å². The van der Waals surface area contributed by atoms with Crippen molar-refractivity contribution in [2.45, 2.75) is 12.2 Å². The number of aromatic nitrogens is 1. The quantitative estimate of drug-likeness (QED) is 0.920. The molecule has 1 aromatic heterocycles. The van der Waals surface area contributed by atoms with E-state index < -0.39 is 11.7 Å². The van der Waals surface area contributed by atoms with Gasteiger partial charge in [-0.3, -0.25) is 4.98 Å². The van der Waals surface area contributed by atoms with Gasteiger partial charge in [-0.2, -0.15) is 13.2 Å². The summed E-state index contributed by atoms with van der Waals surface area (Å²) in [6.45, 7) is 0. The number of hydrogen-bond donors (Lipinski definition) is 1. The van der Waals surface area contributed by atoms with E-state index in [1.807, 2.05) is 12.1 Å². The van der Waals surface area contributed by atoms with Gasteiger partial charge in [0, 0.05) is 6.20 Å². The van der Waals surface area contributed by atoms with Crippen LogP contribution in [0.1, 0.15) is 22.9 Å². The van der Waals surface area contributed by atoms with Crippen molar-refractivity contribution < 1.29 is 13.2 Å². The first-order chi connectivity index (χ1) is 9.02. The van der Waals surface area contributed by atoms with Crippen LogP contribution in [0.3, 0.4) is 0 Å². The zero-order valence-corrected chi connectivity index (χ0v) is 10.3. The van der Waals surface area contributed by atoms with E-state index >= 15 is 0 Å². The summed E-state index contributed by atoms with van der Waals surface area (Å²) in [6.07, 6.45) is -2.65. The first-order valence-electron chi connectivity index (χ1n) is 5.77. The summed E-state index contributed by atoms with van der Waals surface area (Å²) in [5.74, 6) is 0. The highest BCUT2D eigenvalue weighted by Gasteiger charge is 2.30. The molecule has 1 N–H and O–H groups in total. The molecule has 0 radical (unpaired) electrons. The van der Waals surface area contributed by atoms with Crippen LogP contribution in [0.2, 0.25) is 0 Å². The van der Waals surface area contributed by atoms with Crippen LogP contribution in [0.15, 0.2) is 48.7 Å². The summed E-state index contributed by atoms with van der Waals surface area (Å²) in [6, 6.07) is 10.4. The summed E-state index contributed by atoms with van der Waals surface area (Å²) in [5.41, 5.74) is 0.867. The van der Waals surface area contributed by atoms with Crippen molar-refractivity contribution in [1.29, 1.82) is 0 Å². The molecule has 1 unspecified atom stereocenters. The number of nitrogens with zero attached hydrogens (tertiary/aromatic N) is 1. The van der Waals surface area contributed by atoms with Crippen LogP contribution < -0.4 is 5.32 Å². The van der Waals surface area contributed by atoms with E-state index in [-0.39, 0.29) is 6.04 Å².